The van der Waals surface area contributed by atoms with E-state index in [0.29, 0.717) is 31.9 Å². The number of piperazine rings is 1. The lowest BCUT2D eigenvalue weighted by Gasteiger charge is -2.35. The van der Waals surface area contributed by atoms with Crippen molar-refractivity contribution >= 4 is 40.0 Å². The highest BCUT2D eigenvalue weighted by atomic mass is 127. The molecule has 1 aromatic heterocycles. The molecule has 2 rings (SSSR count). The summed E-state index contributed by atoms with van der Waals surface area (Å²) in [5.74, 6) is 0.729. The fourth-order valence-corrected chi connectivity index (χ4v) is 4.10. The van der Waals surface area contributed by atoms with Gasteiger partial charge < -0.3 is 14.7 Å². The monoisotopic (exact) mass is 485 g/mol. The highest BCUT2D eigenvalue weighted by Crippen LogP contribution is 2.12. The smallest absolute Gasteiger partial charge is 0.220 e. The molecule has 144 valence electrons. The molecule has 1 aliphatic heterocycles. The predicted octanol–water partition coefficient (Wildman–Crippen LogP) is 1.51. The summed E-state index contributed by atoms with van der Waals surface area (Å²) in [6, 6.07) is 1.58. The number of halogens is 1. The van der Waals surface area contributed by atoms with Gasteiger partial charge in [0, 0.05) is 45.8 Å². The predicted molar refractivity (Wildman–Crippen MR) is 109 cm³/mol. The molecule has 0 spiro atoms. The molecule has 0 bridgehead atoms. The van der Waals surface area contributed by atoms with Crippen molar-refractivity contribution in [3.63, 3.8) is 0 Å². The van der Waals surface area contributed by atoms with Crippen molar-refractivity contribution in [2.45, 2.75) is 31.9 Å². The van der Waals surface area contributed by atoms with Gasteiger partial charge in [0.1, 0.15) is 12.0 Å². The van der Waals surface area contributed by atoms with Crippen LogP contribution >= 0.6 is 24.0 Å². The van der Waals surface area contributed by atoms with Gasteiger partial charge in [-0.25, -0.2) is 8.42 Å². The lowest BCUT2D eigenvalue weighted by Crippen LogP contribution is -2.54. The molecule has 25 heavy (non-hydrogen) atoms. The van der Waals surface area contributed by atoms with Crippen LogP contribution in [0.5, 0.6) is 0 Å². The van der Waals surface area contributed by atoms with E-state index in [1.165, 1.54) is 23.4 Å². The number of aliphatic imine (C=N–C) groups is 1. The van der Waals surface area contributed by atoms with Gasteiger partial charge in [0.15, 0.2) is 5.96 Å². The molecule has 1 fully saturated rings. The maximum Gasteiger partial charge on any atom is 0.220 e. The van der Waals surface area contributed by atoms with Crippen molar-refractivity contribution in [1.82, 2.24) is 19.7 Å². The molecule has 0 radical (unpaired) electrons. The molecule has 0 aliphatic carbocycles. The van der Waals surface area contributed by atoms with Crippen LogP contribution in [0.4, 0.5) is 0 Å². The van der Waals surface area contributed by atoms with E-state index in [2.05, 4.69) is 27.3 Å². The molecule has 0 saturated carbocycles. The van der Waals surface area contributed by atoms with Gasteiger partial charge in [-0.1, -0.05) is 24.9 Å². The summed E-state index contributed by atoms with van der Waals surface area (Å²) in [6.45, 7) is 5.24. The standard InChI is InChI=1S/C15H27N5O3S.HI/c1-3-4-5-7-17-15(16-2)19-8-10-20(11-9-19)24(21,22)13-14-6-12-23-18-14;/h6,12H,3-5,7-11,13H2,1-2H3,(H,16,17);1H. The number of rotatable bonds is 7. The highest BCUT2D eigenvalue weighted by Gasteiger charge is 2.28. The van der Waals surface area contributed by atoms with Gasteiger partial charge in [-0.3, -0.25) is 4.99 Å². The Labute approximate surface area is 167 Å². The Morgan fingerprint density at radius 3 is 2.60 bits per heavy atom. The third-order valence-corrected chi connectivity index (χ3v) is 5.84. The van der Waals surface area contributed by atoms with Crippen molar-refractivity contribution in [3.05, 3.63) is 18.0 Å². The number of aromatic nitrogens is 1. The largest absolute Gasteiger partial charge is 0.364 e. The summed E-state index contributed by atoms with van der Waals surface area (Å²) in [7, 11) is -1.60. The maximum absolute atomic E-state index is 12.4. The van der Waals surface area contributed by atoms with Crippen LogP contribution in [-0.4, -0.2) is 68.5 Å². The molecule has 0 aromatic carbocycles. The second kappa shape index (κ2) is 11.0. The van der Waals surface area contributed by atoms with E-state index in [0.717, 1.165) is 18.9 Å². The second-order valence-electron chi connectivity index (χ2n) is 5.81. The molecule has 1 aliphatic rings. The zero-order valence-corrected chi connectivity index (χ0v) is 18.0. The van der Waals surface area contributed by atoms with Crippen LogP contribution in [0.25, 0.3) is 0 Å². The van der Waals surface area contributed by atoms with Crippen LogP contribution in [0.1, 0.15) is 31.9 Å². The molecule has 1 saturated heterocycles. The third kappa shape index (κ3) is 6.74. The van der Waals surface area contributed by atoms with Crippen molar-refractivity contribution < 1.29 is 12.9 Å². The van der Waals surface area contributed by atoms with E-state index in [1.807, 2.05) is 0 Å². The van der Waals surface area contributed by atoms with Gasteiger partial charge in [0.2, 0.25) is 10.0 Å². The lowest BCUT2D eigenvalue weighted by atomic mass is 10.2. The van der Waals surface area contributed by atoms with Gasteiger partial charge in [-0.15, -0.1) is 24.0 Å². The van der Waals surface area contributed by atoms with E-state index in [1.54, 1.807) is 13.1 Å². The average molecular weight is 485 g/mol. The number of hydrogen-bond donors (Lipinski definition) is 1. The Bertz CT molecular complexity index is 613. The minimum Gasteiger partial charge on any atom is -0.364 e. The van der Waals surface area contributed by atoms with Crippen LogP contribution in [0, 0.1) is 0 Å². The number of nitrogens with one attached hydrogen (secondary N) is 1. The number of sulfonamides is 1. The van der Waals surface area contributed by atoms with E-state index in [4.69, 9.17) is 4.52 Å². The molecule has 0 amide bonds. The molecule has 1 aromatic rings. The highest BCUT2D eigenvalue weighted by molar-refractivity contribution is 14.0. The van der Waals surface area contributed by atoms with E-state index in [-0.39, 0.29) is 29.7 Å². The normalized spacial score (nSPS) is 16.6. The molecule has 0 atom stereocenters. The molecule has 10 heteroatoms. The van der Waals surface area contributed by atoms with Gasteiger partial charge in [0.05, 0.1) is 5.69 Å². The van der Waals surface area contributed by atoms with E-state index in [9.17, 15) is 8.42 Å². The lowest BCUT2D eigenvalue weighted by molar-refractivity contribution is 0.260. The topological polar surface area (TPSA) is 91.0 Å². The average Bonchev–Trinajstić information content (AvgIpc) is 3.07. The van der Waals surface area contributed by atoms with Crippen molar-refractivity contribution in [3.8, 4) is 0 Å². The zero-order valence-electron chi connectivity index (χ0n) is 14.8. The number of nitrogens with zero attached hydrogens (tertiary/aromatic N) is 4. The number of guanidine groups is 1. The first kappa shape index (κ1) is 22.2. The summed E-state index contributed by atoms with van der Waals surface area (Å²) >= 11 is 0. The molecule has 1 N–H and O–H groups in total. The van der Waals surface area contributed by atoms with Gasteiger partial charge in [-0.2, -0.15) is 4.31 Å². The first-order valence-corrected chi connectivity index (χ1v) is 10.0. The maximum atomic E-state index is 12.4. The SMILES string of the molecule is CCCCCNC(=NC)N1CCN(S(=O)(=O)Cc2ccon2)CC1.I. The fourth-order valence-electron chi connectivity index (χ4n) is 2.68. The molecule has 0 unspecified atom stereocenters. The Morgan fingerprint density at radius 1 is 1.32 bits per heavy atom. The molecular weight excluding hydrogens is 457 g/mol. The second-order valence-corrected chi connectivity index (χ2v) is 7.78. The van der Waals surface area contributed by atoms with Crippen LogP contribution in [0.3, 0.4) is 0 Å². The Morgan fingerprint density at radius 2 is 2.04 bits per heavy atom. The van der Waals surface area contributed by atoms with E-state index < -0.39 is 10.0 Å². The third-order valence-electron chi connectivity index (χ3n) is 4.03. The first-order chi connectivity index (χ1) is 11.6. The summed E-state index contributed by atoms with van der Waals surface area (Å²) < 4.78 is 31.1. The van der Waals surface area contributed by atoms with Crippen molar-refractivity contribution in [1.29, 1.82) is 0 Å². The fraction of sp³-hybridized carbons (Fsp3) is 0.733. The quantitative estimate of drug-likeness (QED) is 0.273. The molecule has 8 nitrogen and oxygen atoms in total. The van der Waals surface area contributed by atoms with E-state index >= 15 is 0 Å². The van der Waals surface area contributed by atoms with Gasteiger partial charge >= 0.3 is 0 Å². The summed E-state index contributed by atoms with van der Waals surface area (Å²) in [4.78, 5) is 6.40. The van der Waals surface area contributed by atoms with Crippen LogP contribution < -0.4 is 5.32 Å². The minimum atomic E-state index is -3.36. The minimum absolute atomic E-state index is 0. The Balaban J connectivity index is 0.00000312. The molecular formula is C15H28IN5O3S. The zero-order chi connectivity index (χ0) is 17.4. The number of unbranched alkanes of at least 4 members (excludes halogenated alkanes) is 2. The van der Waals surface area contributed by atoms with Crippen LogP contribution in [0.2, 0.25) is 0 Å². The van der Waals surface area contributed by atoms with Crippen LogP contribution in [0.15, 0.2) is 21.8 Å². The summed E-state index contributed by atoms with van der Waals surface area (Å²) in [6.07, 6.45) is 4.87. The summed E-state index contributed by atoms with van der Waals surface area (Å²) in [5.41, 5.74) is 0.436. The van der Waals surface area contributed by atoms with Gasteiger partial charge in [-0.05, 0) is 6.42 Å². The molecule has 2 heterocycles. The van der Waals surface area contributed by atoms with Gasteiger partial charge in [0.25, 0.3) is 0 Å². The van der Waals surface area contributed by atoms with Crippen molar-refractivity contribution in [2.24, 2.45) is 4.99 Å². The van der Waals surface area contributed by atoms with Crippen molar-refractivity contribution in [2.75, 3.05) is 39.8 Å². The summed E-state index contributed by atoms with van der Waals surface area (Å²) in [5, 5.41) is 7.03. The Kier molecular flexibility index (Phi) is 9.72. The number of hydrogen-bond acceptors (Lipinski definition) is 5. The first-order valence-electron chi connectivity index (χ1n) is 8.39. The van der Waals surface area contributed by atoms with Crippen LogP contribution in [-0.2, 0) is 15.8 Å². The Hall–Kier alpha value is -0.880.